The maximum Gasteiger partial charge on any atom is -0.0323 e. The normalized spacial score (nSPS) is 42.7. The molecule has 0 nitrogen and oxygen atoms in total. The summed E-state index contributed by atoms with van der Waals surface area (Å²) in [4.78, 5) is 0. The summed E-state index contributed by atoms with van der Waals surface area (Å²) in [5.74, 6) is 1.97. The zero-order valence-electron chi connectivity index (χ0n) is 5.84. The molecule has 2 radical (unpaired) electrons. The molecule has 2 atom stereocenters. The summed E-state index contributed by atoms with van der Waals surface area (Å²) in [6.07, 6.45) is 12.2. The maximum absolute atomic E-state index is 2.52. The highest BCUT2D eigenvalue weighted by atomic mass is 14.3. The summed E-state index contributed by atoms with van der Waals surface area (Å²) in [5.41, 5.74) is 0. The predicted molar refractivity (Wildman–Crippen MR) is 38.7 cm³/mol. The molecule has 0 bridgehead atoms. The third-order valence-electron chi connectivity index (χ3n) is 2.74. The molecule has 0 amide bonds. The van der Waals surface area contributed by atoms with Gasteiger partial charge in [0.1, 0.15) is 0 Å². The van der Waals surface area contributed by atoms with Gasteiger partial charge in [0.05, 0.1) is 0 Å². The van der Waals surface area contributed by atoms with Crippen molar-refractivity contribution in [2.24, 2.45) is 11.8 Å². The van der Waals surface area contributed by atoms with Gasteiger partial charge in [-0.2, -0.15) is 0 Å². The molecule has 0 aromatic carbocycles. The molecule has 0 saturated heterocycles. The first kappa shape index (κ1) is 5.76. The van der Waals surface area contributed by atoms with Crippen molar-refractivity contribution < 1.29 is 0 Å². The average Bonchev–Trinajstić information content (AvgIpc) is 2.33. The summed E-state index contributed by atoms with van der Waals surface area (Å²) < 4.78 is 0. The molecule has 0 aromatic rings. The van der Waals surface area contributed by atoms with Crippen LogP contribution in [0.1, 0.15) is 32.1 Å². The molecule has 0 spiro atoms. The monoisotopic (exact) mass is 122 g/mol. The Morgan fingerprint density at radius 3 is 2.78 bits per heavy atom. The lowest BCUT2D eigenvalue weighted by molar-refractivity contribution is 0.364. The molecule has 0 aromatic heterocycles. The summed E-state index contributed by atoms with van der Waals surface area (Å²) >= 11 is 0. The van der Waals surface area contributed by atoms with Crippen molar-refractivity contribution in [3.63, 3.8) is 0 Å². The van der Waals surface area contributed by atoms with Gasteiger partial charge >= 0.3 is 0 Å². The fraction of sp³-hybridized carbons (Fsp3) is 0.778. The lowest BCUT2D eigenvalue weighted by atomic mass is 9.82. The van der Waals surface area contributed by atoms with Crippen LogP contribution in [0, 0.1) is 24.7 Å². The topological polar surface area (TPSA) is 0 Å². The standard InChI is InChI=1S/C9H14/c1-2-5-9-7-3-6-8(9)4-1/h4,6,8-9H,1-3,5,7H2. The minimum absolute atomic E-state index is 0.916. The van der Waals surface area contributed by atoms with E-state index in [0.29, 0.717) is 0 Å². The Labute approximate surface area is 57.6 Å². The maximum atomic E-state index is 2.52. The number of hydrogen-bond donors (Lipinski definition) is 0. The minimum atomic E-state index is 0.916. The Morgan fingerprint density at radius 1 is 1.00 bits per heavy atom. The van der Waals surface area contributed by atoms with Gasteiger partial charge in [-0.1, -0.05) is 12.8 Å². The largest absolute Gasteiger partial charge is 0.0527 e. The van der Waals surface area contributed by atoms with E-state index < -0.39 is 0 Å². The highest BCUT2D eigenvalue weighted by Gasteiger charge is 2.29. The van der Waals surface area contributed by atoms with E-state index in [0.717, 1.165) is 11.8 Å². The van der Waals surface area contributed by atoms with E-state index in [1.807, 2.05) is 0 Å². The molecular formula is C9H14. The molecule has 2 aliphatic rings. The second-order valence-electron chi connectivity index (χ2n) is 3.32. The van der Waals surface area contributed by atoms with Crippen molar-refractivity contribution in [1.82, 2.24) is 0 Å². The molecule has 0 aliphatic heterocycles. The minimum Gasteiger partial charge on any atom is -0.0527 e. The lowest BCUT2D eigenvalue weighted by Crippen LogP contribution is -2.13. The van der Waals surface area contributed by atoms with Gasteiger partial charge in [-0.3, -0.25) is 0 Å². The van der Waals surface area contributed by atoms with Gasteiger partial charge in [-0.25, -0.2) is 0 Å². The Hall–Kier alpha value is 0. The van der Waals surface area contributed by atoms with Crippen LogP contribution in [0.4, 0.5) is 0 Å². The van der Waals surface area contributed by atoms with Gasteiger partial charge in [0.25, 0.3) is 0 Å². The van der Waals surface area contributed by atoms with Gasteiger partial charge in [0.2, 0.25) is 0 Å². The van der Waals surface area contributed by atoms with Crippen LogP contribution < -0.4 is 0 Å². The van der Waals surface area contributed by atoms with Crippen LogP contribution in [-0.4, -0.2) is 0 Å². The highest BCUT2D eigenvalue weighted by molar-refractivity contribution is 5.00. The van der Waals surface area contributed by atoms with Gasteiger partial charge < -0.3 is 0 Å². The smallest absolute Gasteiger partial charge is 0.0323 e. The van der Waals surface area contributed by atoms with E-state index in [1.165, 1.54) is 32.1 Å². The second kappa shape index (κ2) is 2.32. The zero-order valence-corrected chi connectivity index (χ0v) is 5.84. The summed E-state index contributed by atoms with van der Waals surface area (Å²) in [5, 5.41) is 0. The molecule has 2 rings (SSSR count). The lowest BCUT2D eigenvalue weighted by Gasteiger charge is -2.23. The van der Waals surface area contributed by atoms with Crippen molar-refractivity contribution >= 4 is 0 Å². The number of rotatable bonds is 0. The van der Waals surface area contributed by atoms with Crippen LogP contribution in [0.25, 0.3) is 0 Å². The predicted octanol–water partition coefficient (Wildman–Crippen LogP) is 2.61. The molecule has 9 heavy (non-hydrogen) atoms. The van der Waals surface area contributed by atoms with Crippen molar-refractivity contribution in [2.45, 2.75) is 32.1 Å². The first-order valence-electron chi connectivity index (χ1n) is 4.13. The number of hydrogen-bond acceptors (Lipinski definition) is 0. The van der Waals surface area contributed by atoms with Crippen molar-refractivity contribution in [1.29, 1.82) is 0 Å². The third kappa shape index (κ3) is 0.997. The van der Waals surface area contributed by atoms with E-state index in [9.17, 15) is 0 Å². The summed E-state index contributed by atoms with van der Waals surface area (Å²) in [7, 11) is 0. The van der Waals surface area contributed by atoms with E-state index in [2.05, 4.69) is 12.8 Å². The van der Waals surface area contributed by atoms with Crippen molar-refractivity contribution in [2.75, 3.05) is 0 Å². The van der Waals surface area contributed by atoms with Crippen LogP contribution in [0.2, 0.25) is 0 Å². The number of fused-ring (bicyclic) bond motifs is 1. The van der Waals surface area contributed by atoms with Gasteiger partial charge in [-0.15, -0.1) is 0 Å². The molecule has 2 fully saturated rings. The van der Waals surface area contributed by atoms with E-state index in [-0.39, 0.29) is 0 Å². The molecule has 0 heteroatoms. The molecule has 50 valence electrons. The summed E-state index contributed by atoms with van der Waals surface area (Å²) in [6, 6.07) is 0. The van der Waals surface area contributed by atoms with E-state index >= 15 is 0 Å². The molecule has 2 saturated carbocycles. The highest BCUT2D eigenvalue weighted by Crippen LogP contribution is 2.40. The van der Waals surface area contributed by atoms with Crippen LogP contribution in [0.5, 0.6) is 0 Å². The van der Waals surface area contributed by atoms with Crippen LogP contribution in [-0.2, 0) is 0 Å². The van der Waals surface area contributed by atoms with Crippen molar-refractivity contribution in [3.8, 4) is 0 Å². The van der Waals surface area contributed by atoms with Crippen LogP contribution in [0.3, 0.4) is 0 Å². The molecule has 0 N–H and O–H groups in total. The Bertz CT molecular complexity index is 84.2. The first-order chi connectivity index (χ1) is 4.47. The Morgan fingerprint density at radius 2 is 1.89 bits per heavy atom. The van der Waals surface area contributed by atoms with Crippen LogP contribution >= 0.6 is 0 Å². The fourth-order valence-corrected chi connectivity index (χ4v) is 2.20. The van der Waals surface area contributed by atoms with Crippen molar-refractivity contribution in [3.05, 3.63) is 12.8 Å². The van der Waals surface area contributed by atoms with Gasteiger partial charge in [-0.05, 0) is 43.9 Å². The van der Waals surface area contributed by atoms with E-state index in [1.54, 1.807) is 0 Å². The molecular weight excluding hydrogens is 108 g/mol. The van der Waals surface area contributed by atoms with Gasteiger partial charge in [0, 0.05) is 0 Å². The summed E-state index contributed by atoms with van der Waals surface area (Å²) in [6.45, 7) is 0. The molecule has 2 unspecified atom stereocenters. The van der Waals surface area contributed by atoms with Crippen LogP contribution in [0.15, 0.2) is 0 Å². The molecule has 2 aliphatic carbocycles. The zero-order chi connectivity index (χ0) is 6.10. The first-order valence-corrected chi connectivity index (χ1v) is 4.13. The SMILES string of the molecule is [CH]1CCCC2CC[CH]C12. The molecule has 0 heterocycles. The second-order valence-corrected chi connectivity index (χ2v) is 3.32. The van der Waals surface area contributed by atoms with Gasteiger partial charge in [0.15, 0.2) is 0 Å². The fourth-order valence-electron chi connectivity index (χ4n) is 2.20. The quantitative estimate of drug-likeness (QED) is 0.463. The van der Waals surface area contributed by atoms with E-state index in [4.69, 9.17) is 0 Å². The Kier molecular flexibility index (Phi) is 1.48. The average molecular weight is 122 g/mol. The third-order valence-corrected chi connectivity index (χ3v) is 2.74. The Balaban J connectivity index is 1.97.